The molecule has 3 heteroatoms. The average molecular weight is 418 g/mol. The second-order valence-corrected chi connectivity index (χ2v) is 8.84. The van der Waals surface area contributed by atoms with Gasteiger partial charge in [0.15, 0.2) is 0 Å². The van der Waals surface area contributed by atoms with Gasteiger partial charge in [-0.1, -0.05) is 134 Å². The summed E-state index contributed by atoms with van der Waals surface area (Å²) in [5, 5.41) is 12.6. The molecule has 0 aromatic heterocycles. The number of hydrogen-bond acceptors (Lipinski definition) is 2. The SMILES string of the molecule is CCCCCCCCCCCCCCCCCCN[C@@H](Cc1ccccc1)C(=O)O. The fourth-order valence-electron chi connectivity index (χ4n) is 4.05. The molecule has 0 heterocycles. The quantitative estimate of drug-likeness (QED) is 0.203. The lowest BCUT2D eigenvalue weighted by atomic mass is 10.0. The van der Waals surface area contributed by atoms with Crippen LogP contribution in [0.15, 0.2) is 30.3 Å². The maximum absolute atomic E-state index is 11.4. The number of carboxylic acid groups (broad SMARTS) is 1. The lowest BCUT2D eigenvalue weighted by molar-refractivity contribution is -0.139. The van der Waals surface area contributed by atoms with E-state index in [4.69, 9.17) is 0 Å². The predicted octanol–water partition coefficient (Wildman–Crippen LogP) is 7.53. The van der Waals surface area contributed by atoms with E-state index < -0.39 is 12.0 Å². The zero-order chi connectivity index (χ0) is 21.7. The monoisotopic (exact) mass is 417 g/mol. The first-order valence-electron chi connectivity index (χ1n) is 12.7. The van der Waals surface area contributed by atoms with Crippen LogP contribution >= 0.6 is 0 Å². The van der Waals surface area contributed by atoms with E-state index in [9.17, 15) is 9.90 Å². The minimum Gasteiger partial charge on any atom is -0.480 e. The van der Waals surface area contributed by atoms with Gasteiger partial charge in [0.25, 0.3) is 0 Å². The largest absolute Gasteiger partial charge is 0.480 e. The van der Waals surface area contributed by atoms with E-state index in [0.717, 1.165) is 18.5 Å². The number of rotatable bonds is 21. The Labute approximate surface area is 186 Å². The molecule has 1 aromatic carbocycles. The molecule has 0 aliphatic carbocycles. The molecule has 0 spiro atoms. The van der Waals surface area contributed by atoms with Crippen LogP contribution in [0, 0.1) is 0 Å². The highest BCUT2D eigenvalue weighted by molar-refractivity contribution is 5.73. The lowest BCUT2D eigenvalue weighted by Crippen LogP contribution is -2.39. The zero-order valence-corrected chi connectivity index (χ0v) is 19.5. The van der Waals surface area contributed by atoms with Crippen LogP contribution < -0.4 is 5.32 Å². The fourth-order valence-corrected chi connectivity index (χ4v) is 4.05. The highest BCUT2D eigenvalue weighted by atomic mass is 16.4. The molecule has 0 saturated carbocycles. The Morgan fingerprint density at radius 1 is 0.733 bits per heavy atom. The van der Waals surface area contributed by atoms with Gasteiger partial charge in [-0.3, -0.25) is 4.79 Å². The van der Waals surface area contributed by atoms with Crippen molar-refractivity contribution in [2.45, 2.75) is 122 Å². The Morgan fingerprint density at radius 2 is 1.17 bits per heavy atom. The van der Waals surface area contributed by atoms with Gasteiger partial charge in [0.2, 0.25) is 0 Å². The van der Waals surface area contributed by atoms with Crippen LogP contribution in [0.4, 0.5) is 0 Å². The van der Waals surface area contributed by atoms with Crippen molar-refractivity contribution >= 4 is 5.97 Å². The Hall–Kier alpha value is -1.35. The molecule has 0 unspecified atom stereocenters. The molecular weight excluding hydrogens is 370 g/mol. The first-order chi connectivity index (χ1) is 14.7. The lowest BCUT2D eigenvalue weighted by Gasteiger charge is -2.14. The molecule has 2 N–H and O–H groups in total. The maximum atomic E-state index is 11.4. The molecule has 0 amide bonds. The van der Waals surface area contributed by atoms with Gasteiger partial charge in [-0.25, -0.2) is 0 Å². The first kappa shape index (κ1) is 26.7. The van der Waals surface area contributed by atoms with Crippen LogP contribution in [0.5, 0.6) is 0 Å². The minimum atomic E-state index is -0.754. The average Bonchev–Trinajstić information content (AvgIpc) is 2.75. The van der Waals surface area contributed by atoms with Crippen LogP contribution in [0.25, 0.3) is 0 Å². The third kappa shape index (κ3) is 15.5. The molecule has 1 aromatic rings. The summed E-state index contributed by atoms with van der Waals surface area (Å²) in [5.74, 6) is -0.754. The van der Waals surface area contributed by atoms with E-state index in [1.807, 2.05) is 30.3 Å². The topological polar surface area (TPSA) is 49.3 Å². The molecule has 0 fully saturated rings. The highest BCUT2D eigenvalue weighted by Gasteiger charge is 2.16. The predicted molar refractivity (Wildman–Crippen MR) is 129 cm³/mol. The maximum Gasteiger partial charge on any atom is 0.321 e. The van der Waals surface area contributed by atoms with Crippen molar-refractivity contribution in [2.75, 3.05) is 6.54 Å². The minimum absolute atomic E-state index is 0.483. The van der Waals surface area contributed by atoms with Gasteiger partial charge < -0.3 is 10.4 Å². The summed E-state index contributed by atoms with van der Waals surface area (Å²) >= 11 is 0. The number of nitrogens with one attached hydrogen (secondary N) is 1. The zero-order valence-electron chi connectivity index (χ0n) is 19.5. The molecule has 0 aliphatic rings. The van der Waals surface area contributed by atoms with Crippen molar-refractivity contribution in [1.82, 2.24) is 5.32 Å². The van der Waals surface area contributed by atoms with Gasteiger partial charge in [0.1, 0.15) is 6.04 Å². The van der Waals surface area contributed by atoms with Crippen LogP contribution in [0.3, 0.4) is 0 Å². The molecular formula is C27H47NO2. The molecule has 30 heavy (non-hydrogen) atoms. The second-order valence-electron chi connectivity index (χ2n) is 8.84. The number of benzene rings is 1. The summed E-state index contributed by atoms with van der Waals surface area (Å²) in [6.45, 7) is 3.07. The molecule has 3 nitrogen and oxygen atoms in total. The molecule has 0 saturated heterocycles. The van der Waals surface area contributed by atoms with E-state index in [-0.39, 0.29) is 0 Å². The Bertz CT molecular complexity index is 503. The summed E-state index contributed by atoms with van der Waals surface area (Å²) < 4.78 is 0. The fraction of sp³-hybridized carbons (Fsp3) is 0.741. The van der Waals surface area contributed by atoms with Gasteiger partial charge >= 0.3 is 5.97 Å². The highest BCUT2D eigenvalue weighted by Crippen LogP contribution is 2.13. The number of carbonyl (C=O) groups is 1. The van der Waals surface area contributed by atoms with E-state index >= 15 is 0 Å². The Morgan fingerprint density at radius 3 is 1.60 bits per heavy atom. The van der Waals surface area contributed by atoms with Gasteiger partial charge in [-0.2, -0.15) is 0 Å². The van der Waals surface area contributed by atoms with Crippen molar-refractivity contribution in [3.05, 3.63) is 35.9 Å². The van der Waals surface area contributed by atoms with Gasteiger partial charge in [-0.05, 0) is 24.9 Å². The van der Waals surface area contributed by atoms with Crippen molar-refractivity contribution in [3.8, 4) is 0 Å². The van der Waals surface area contributed by atoms with Crippen LogP contribution in [0.1, 0.15) is 115 Å². The van der Waals surface area contributed by atoms with Crippen LogP contribution in [-0.4, -0.2) is 23.7 Å². The van der Waals surface area contributed by atoms with Crippen molar-refractivity contribution in [1.29, 1.82) is 0 Å². The van der Waals surface area contributed by atoms with Crippen LogP contribution in [0.2, 0.25) is 0 Å². The number of carboxylic acids is 1. The molecule has 0 aliphatic heterocycles. The summed E-state index contributed by atoms with van der Waals surface area (Å²) in [4.78, 5) is 11.4. The van der Waals surface area contributed by atoms with Crippen molar-refractivity contribution < 1.29 is 9.90 Å². The van der Waals surface area contributed by atoms with Gasteiger partial charge in [0, 0.05) is 0 Å². The van der Waals surface area contributed by atoms with Crippen LogP contribution in [-0.2, 0) is 11.2 Å². The molecule has 1 atom stereocenters. The Balaban J connectivity index is 1.86. The Kier molecular flexibility index (Phi) is 17.4. The van der Waals surface area contributed by atoms with Crippen molar-refractivity contribution in [2.24, 2.45) is 0 Å². The van der Waals surface area contributed by atoms with Crippen molar-refractivity contribution in [3.63, 3.8) is 0 Å². The molecule has 172 valence electrons. The van der Waals surface area contributed by atoms with E-state index in [1.54, 1.807) is 0 Å². The number of hydrogen-bond donors (Lipinski definition) is 2. The smallest absolute Gasteiger partial charge is 0.321 e. The first-order valence-corrected chi connectivity index (χ1v) is 12.7. The molecule has 0 radical (unpaired) electrons. The van der Waals surface area contributed by atoms with E-state index in [1.165, 1.54) is 96.3 Å². The standard InChI is InChI=1S/C27H47NO2/c1-2-3-4-5-6-7-8-9-10-11-12-13-14-15-16-20-23-28-26(27(29)30)24-25-21-18-17-19-22-25/h17-19,21-22,26,28H,2-16,20,23-24H2,1H3,(H,29,30)/t26-/m0/s1. The van der Waals surface area contributed by atoms with E-state index in [2.05, 4.69) is 12.2 Å². The number of aliphatic carboxylic acids is 1. The summed E-state index contributed by atoms with van der Waals surface area (Å²) in [7, 11) is 0. The second kappa shape index (κ2) is 19.6. The summed E-state index contributed by atoms with van der Waals surface area (Å²) in [5.41, 5.74) is 1.07. The molecule has 1 rings (SSSR count). The van der Waals surface area contributed by atoms with Gasteiger partial charge in [0.05, 0.1) is 0 Å². The third-order valence-corrected chi connectivity index (χ3v) is 6.00. The molecule has 0 bridgehead atoms. The van der Waals surface area contributed by atoms with E-state index in [0.29, 0.717) is 6.42 Å². The number of unbranched alkanes of at least 4 members (excludes halogenated alkanes) is 15. The summed E-state index contributed by atoms with van der Waals surface area (Å²) in [6.07, 6.45) is 22.3. The normalized spacial score (nSPS) is 12.2. The third-order valence-electron chi connectivity index (χ3n) is 6.00. The van der Waals surface area contributed by atoms with Gasteiger partial charge in [-0.15, -0.1) is 0 Å². The summed E-state index contributed by atoms with van der Waals surface area (Å²) in [6, 6.07) is 9.39.